The van der Waals surface area contributed by atoms with Gasteiger partial charge in [0, 0.05) is 11.2 Å². The van der Waals surface area contributed by atoms with E-state index in [-0.39, 0.29) is 11.2 Å². The van der Waals surface area contributed by atoms with Crippen LogP contribution in [0.15, 0.2) is 15.8 Å². The number of hydrogen-bond donors (Lipinski definition) is 0. The van der Waals surface area contributed by atoms with Crippen LogP contribution in [0.2, 0.25) is 0 Å². The molecule has 0 spiro atoms. The number of esters is 1. The predicted octanol–water partition coefficient (Wildman–Crippen LogP) is 2.58. The number of methoxy groups -OCH3 is 1. The number of hydrogen-bond acceptors (Lipinski definition) is 5. The zero-order valence-corrected chi connectivity index (χ0v) is 11.1. The van der Waals surface area contributed by atoms with E-state index >= 15 is 0 Å². The first kappa shape index (κ1) is 14.0. The third-order valence-electron chi connectivity index (χ3n) is 2.03. The number of oxazole rings is 1. The second kappa shape index (κ2) is 5.53. The molecular weight excluding hydrogens is 245 g/mol. The highest BCUT2D eigenvalue weighted by atomic mass is 32.2. The molecule has 0 aromatic carbocycles. The molecule has 0 aliphatic carbocycles. The minimum Gasteiger partial charge on any atom is -0.467 e. The Morgan fingerprint density at radius 1 is 1.65 bits per heavy atom. The Morgan fingerprint density at radius 3 is 2.76 bits per heavy atom. The molecule has 0 saturated carbocycles. The Balaban J connectivity index is 2.53. The minimum absolute atomic E-state index is 0.0588. The summed E-state index contributed by atoms with van der Waals surface area (Å²) < 4.78 is 22.9. The van der Waals surface area contributed by atoms with Gasteiger partial charge in [0.25, 0.3) is 5.22 Å². The molecular formula is C11H16FNO3S. The van der Waals surface area contributed by atoms with Crippen LogP contribution in [0.5, 0.6) is 0 Å². The molecule has 0 saturated heterocycles. The van der Waals surface area contributed by atoms with Gasteiger partial charge in [0.1, 0.15) is 5.76 Å². The number of aromatic nitrogens is 1. The van der Waals surface area contributed by atoms with Crippen LogP contribution in [0.1, 0.15) is 26.5 Å². The Morgan fingerprint density at radius 2 is 2.29 bits per heavy atom. The first-order valence-electron chi connectivity index (χ1n) is 5.15. The molecule has 17 heavy (non-hydrogen) atoms. The molecule has 0 amide bonds. The van der Waals surface area contributed by atoms with Gasteiger partial charge in [-0.2, -0.15) is 0 Å². The number of halogens is 1. The smallest absolute Gasteiger partial charge is 0.341 e. The summed E-state index contributed by atoms with van der Waals surface area (Å²) in [6.45, 7) is 5.98. The summed E-state index contributed by atoms with van der Waals surface area (Å²) in [5.41, 5.74) is -0.136. The monoisotopic (exact) mass is 261 g/mol. The number of nitrogens with zero attached hydrogens (tertiary/aromatic N) is 1. The van der Waals surface area contributed by atoms with Crippen molar-refractivity contribution in [1.82, 2.24) is 4.98 Å². The van der Waals surface area contributed by atoms with Crippen LogP contribution in [0.25, 0.3) is 0 Å². The Hall–Kier alpha value is -1.04. The fraction of sp³-hybridized carbons (Fsp3) is 0.636. The van der Waals surface area contributed by atoms with Gasteiger partial charge in [-0.1, -0.05) is 32.5 Å². The molecule has 0 unspecified atom stereocenters. The third kappa shape index (κ3) is 4.03. The van der Waals surface area contributed by atoms with E-state index in [0.717, 1.165) is 24.6 Å². The fourth-order valence-electron chi connectivity index (χ4n) is 1.01. The number of carbonyl (C=O) groups excluding carboxylic acids is 1. The lowest BCUT2D eigenvalue weighted by Crippen LogP contribution is -2.19. The molecule has 4 nitrogen and oxygen atoms in total. The average Bonchev–Trinajstić information content (AvgIpc) is 2.72. The second-order valence-electron chi connectivity index (χ2n) is 4.54. The maximum atomic E-state index is 13.2. The highest BCUT2D eigenvalue weighted by Crippen LogP contribution is 2.27. The average molecular weight is 261 g/mol. The van der Waals surface area contributed by atoms with E-state index < -0.39 is 12.1 Å². The number of thioether (sulfide) groups is 1. The van der Waals surface area contributed by atoms with Crippen molar-refractivity contribution >= 4 is 17.7 Å². The first-order chi connectivity index (χ1) is 7.84. The molecule has 1 aromatic heterocycles. The van der Waals surface area contributed by atoms with E-state index in [1.54, 1.807) is 6.20 Å². The van der Waals surface area contributed by atoms with Gasteiger partial charge in [-0.3, -0.25) is 0 Å². The molecule has 1 heterocycles. The van der Waals surface area contributed by atoms with Crippen LogP contribution >= 0.6 is 11.8 Å². The second-order valence-corrected chi connectivity index (χ2v) is 5.51. The van der Waals surface area contributed by atoms with Crippen LogP contribution in [-0.2, 0) is 14.9 Å². The van der Waals surface area contributed by atoms with E-state index in [1.807, 2.05) is 20.8 Å². The van der Waals surface area contributed by atoms with Crippen molar-refractivity contribution in [3.8, 4) is 0 Å². The zero-order valence-electron chi connectivity index (χ0n) is 10.3. The summed E-state index contributed by atoms with van der Waals surface area (Å²) in [5, 5.41) is 0.362. The van der Waals surface area contributed by atoms with Gasteiger partial charge < -0.3 is 9.15 Å². The maximum absolute atomic E-state index is 13.2. The van der Waals surface area contributed by atoms with E-state index in [4.69, 9.17) is 4.42 Å². The summed E-state index contributed by atoms with van der Waals surface area (Å²) in [4.78, 5) is 14.9. The van der Waals surface area contributed by atoms with Crippen molar-refractivity contribution < 1.29 is 18.3 Å². The van der Waals surface area contributed by atoms with Crippen LogP contribution < -0.4 is 0 Å². The third-order valence-corrected chi connectivity index (χ3v) is 2.93. The summed E-state index contributed by atoms with van der Waals surface area (Å²) in [7, 11) is 1.16. The SMILES string of the molecule is COC(=O)[C@H](F)CSc1ncc(C(C)(C)C)o1. The van der Waals surface area contributed by atoms with E-state index in [0.29, 0.717) is 5.22 Å². The Labute approximate surface area is 104 Å². The lowest BCUT2D eigenvalue weighted by molar-refractivity contribution is -0.145. The Bertz CT molecular complexity index is 386. The fourth-order valence-corrected chi connectivity index (χ4v) is 1.71. The van der Waals surface area contributed by atoms with Crippen LogP contribution in [0.4, 0.5) is 4.39 Å². The van der Waals surface area contributed by atoms with Crippen molar-refractivity contribution in [3.63, 3.8) is 0 Å². The lowest BCUT2D eigenvalue weighted by Gasteiger charge is -2.12. The zero-order chi connectivity index (χ0) is 13.1. The number of rotatable bonds is 4. The minimum atomic E-state index is -1.66. The summed E-state index contributed by atoms with van der Waals surface area (Å²) >= 11 is 1.06. The molecule has 1 atom stereocenters. The molecule has 0 aliphatic rings. The van der Waals surface area contributed by atoms with Gasteiger partial charge in [0.15, 0.2) is 0 Å². The van der Waals surface area contributed by atoms with E-state index in [1.165, 1.54) is 0 Å². The van der Waals surface area contributed by atoms with Crippen molar-refractivity contribution in [2.45, 2.75) is 37.6 Å². The number of ether oxygens (including phenoxy) is 1. The van der Waals surface area contributed by atoms with Crippen LogP contribution in [0, 0.1) is 0 Å². The topological polar surface area (TPSA) is 52.3 Å². The van der Waals surface area contributed by atoms with Gasteiger partial charge in [0.2, 0.25) is 6.17 Å². The van der Waals surface area contributed by atoms with Gasteiger partial charge in [0.05, 0.1) is 13.3 Å². The van der Waals surface area contributed by atoms with Crippen molar-refractivity contribution in [3.05, 3.63) is 12.0 Å². The standard InChI is InChI=1S/C11H16FNO3S/c1-11(2,3)8-5-13-10(16-8)17-6-7(12)9(14)15-4/h5,7H,6H2,1-4H3/t7-/m1/s1. The van der Waals surface area contributed by atoms with E-state index in [9.17, 15) is 9.18 Å². The molecule has 96 valence electrons. The predicted molar refractivity (Wildman–Crippen MR) is 62.8 cm³/mol. The Kier molecular flexibility index (Phi) is 4.56. The molecule has 0 radical (unpaired) electrons. The summed E-state index contributed by atoms with van der Waals surface area (Å²) in [6.07, 6.45) is -0.0387. The van der Waals surface area contributed by atoms with Crippen LogP contribution in [0.3, 0.4) is 0 Å². The highest BCUT2D eigenvalue weighted by Gasteiger charge is 2.22. The number of carbonyl (C=O) groups is 1. The summed E-state index contributed by atoms with van der Waals surface area (Å²) in [5.74, 6) is -0.204. The van der Waals surface area contributed by atoms with Crippen molar-refractivity contribution in [2.24, 2.45) is 0 Å². The molecule has 0 aliphatic heterocycles. The first-order valence-corrected chi connectivity index (χ1v) is 6.14. The van der Waals surface area contributed by atoms with Crippen molar-refractivity contribution in [1.29, 1.82) is 0 Å². The van der Waals surface area contributed by atoms with Crippen molar-refractivity contribution in [2.75, 3.05) is 12.9 Å². The van der Waals surface area contributed by atoms with Gasteiger partial charge in [-0.05, 0) is 0 Å². The molecule has 0 bridgehead atoms. The van der Waals surface area contributed by atoms with Gasteiger partial charge >= 0.3 is 5.97 Å². The largest absolute Gasteiger partial charge is 0.467 e. The van der Waals surface area contributed by atoms with E-state index in [2.05, 4.69) is 9.72 Å². The number of alkyl halides is 1. The van der Waals surface area contributed by atoms with Crippen LogP contribution in [-0.4, -0.2) is 30.0 Å². The van der Waals surface area contributed by atoms with Gasteiger partial charge in [-0.15, -0.1) is 0 Å². The molecule has 6 heteroatoms. The quantitative estimate of drug-likeness (QED) is 0.616. The highest BCUT2D eigenvalue weighted by molar-refractivity contribution is 7.99. The summed E-state index contributed by atoms with van der Waals surface area (Å²) in [6, 6.07) is 0. The maximum Gasteiger partial charge on any atom is 0.341 e. The molecule has 1 aromatic rings. The molecule has 0 N–H and O–H groups in total. The normalized spacial score (nSPS) is 13.5. The molecule has 0 fully saturated rings. The lowest BCUT2D eigenvalue weighted by atomic mass is 9.94. The molecule has 1 rings (SSSR count). The van der Waals surface area contributed by atoms with Gasteiger partial charge in [-0.25, -0.2) is 14.2 Å².